The summed E-state index contributed by atoms with van der Waals surface area (Å²) in [7, 11) is 0. The van der Waals surface area contributed by atoms with E-state index < -0.39 is 42.1 Å². The summed E-state index contributed by atoms with van der Waals surface area (Å²) in [5.74, 6) is -3.14. The molecule has 0 unspecified atom stereocenters. The van der Waals surface area contributed by atoms with E-state index in [0.29, 0.717) is 0 Å². The zero-order valence-corrected chi connectivity index (χ0v) is 13.9. The van der Waals surface area contributed by atoms with Gasteiger partial charge in [-0.2, -0.15) is 0 Å². The highest BCUT2D eigenvalue weighted by molar-refractivity contribution is 5.74. The minimum atomic E-state index is -1.18. The van der Waals surface area contributed by atoms with Gasteiger partial charge in [-0.3, -0.25) is 14.4 Å². The van der Waals surface area contributed by atoms with E-state index in [1.54, 1.807) is 6.20 Å². The maximum Gasteiger partial charge on any atom is 0.323 e. The summed E-state index contributed by atoms with van der Waals surface area (Å²) < 4.78 is 0. The van der Waals surface area contributed by atoms with Crippen LogP contribution in [0.4, 0.5) is 0 Å². The lowest BCUT2D eigenvalue weighted by atomic mass is 10.2. The monoisotopic (exact) mass is 363 g/mol. The molecule has 1 aromatic heterocycles. The van der Waals surface area contributed by atoms with Gasteiger partial charge in [0, 0.05) is 18.3 Å². The van der Waals surface area contributed by atoms with Gasteiger partial charge < -0.3 is 42.6 Å². The van der Waals surface area contributed by atoms with Crippen LogP contribution in [0.25, 0.3) is 0 Å². The molecule has 0 fully saturated rings. The number of carboxylic acids is 3. The van der Waals surface area contributed by atoms with Gasteiger partial charge in [-0.25, -0.2) is 4.98 Å². The first kappa shape index (κ1) is 24.7. The van der Waals surface area contributed by atoms with Crippen molar-refractivity contribution >= 4 is 17.9 Å². The van der Waals surface area contributed by atoms with Crippen LogP contribution in [-0.2, 0) is 20.8 Å². The van der Waals surface area contributed by atoms with Crippen LogP contribution in [0.3, 0.4) is 0 Å². The van der Waals surface area contributed by atoms with Gasteiger partial charge in [-0.1, -0.05) is 0 Å². The highest BCUT2D eigenvalue weighted by Crippen LogP contribution is 1.95. The van der Waals surface area contributed by atoms with Gasteiger partial charge in [0.2, 0.25) is 0 Å². The Kier molecular flexibility index (Phi) is 12.7. The van der Waals surface area contributed by atoms with E-state index in [1.807, 2.05) is 0 Å². The number of aliphatic hydroxyl groups excluding tert-OH is 1. The van der Waals surface area contributed by atoms with Crippen LogP contribution in [0, 0.1) is 0 Å². The number of nitrogens with one attached hydrogen (secondary N) is 1. The highest BCUT2D eigenvalue weighted by atomic mass is 16.4. The smallest absolute Gasteiger partial charge is 0.323 e. The predicted molar refractivity (Wildman–Crippen MR) is 86.5 cm³/mol. The number of aliphatic carboxylic acids is 3. The molecule has 1 aromatic rings. The van der Waals surface area contributed by atoms with Crippen molar-refractivity contribution < 1.29 is 34.8 Å². The second-order valence-corrected chi connectivity index (χ2v) is 4.96. The fraction of sp³-hybridized carbons (Fsp3) is 0.538. The quantitative estimate of drug-likeness (QED) is 0.264. The highest BCUT2D eigenvalue weighted by Gasteiger charge is 2.16. The van der Waals surface area contributed by atoms with Crippen molar-refractivity contribution in [2.45, 2.75) is 44.5 Å². The first-order valence-corrected chi connectivity index (χ1v) is 7.00. The lowest BCUT2D eigenvalue weighted by Gasteiger charge is -2.06. The van der Waals surface area contributed by atoms with Crippen LogP contribution in [0.15, 0.2) is 12.5 Å². The van der Waals surface area contributed by atoms with Gasteiger partial charge in [0.15, 0.2) is 0 Å². The summed E-state index contributed by atoms with van der Waals surface area (Å²) >= 11 is 0. The molecular formula is C13H25N5O7. The topological polar surface area (TPSA) is 239 Å². The number of aliphatic hydroxyl groups is 1. The van der Waals surface area contributed by atoms with E-state index in [2.05, 4.69) is 9.97 Å². The summed E-state index contributed by atoms with van der Waals surface area (Å²) in [5, 5.41) is 32.8. The molecule has 0 aliphatic rings. The number of hydrogen-bond acceptors (Lipinski definition) is 8. The second-order valence-electron chi connectivity index (χ2n) is 4.96. The first-order chi connectivity index (χ1) is 11.4. The van der Waals surface area contributed by atoms with E-state index in [4.69, 9.17) is 37.6 Å². The van der Waals surface area contributed by atoms with Gasteiger partial charge in [0.05, 0.1) is 12.4 Å². The molecule has 0 spiro atoms. The molecule has 1 heterocycles. The Labute approximate surface area is 143 Å². The van der Waals surface area contributed by atoms with E-state index in [-0.39, 0.29) is 6.42 Å². The number of hydrogen-bond donors (Lipinski definition) is 8. The van der Waals surface area contributed by atoms with Crippen LogP contribution in [0.2, 0.25) is 0 Å². The molecule has 0 aliphatic heterocycles. The van der Waals surface area contributed by atoms with E-state index in [1.165, 1.54) is 20.2 Å². The van der Waals surface area contributed by atoms with Crippen molar-refractivity contribution in [3.63, 3.8) is 0 Å². The lowest BCUT2D eigenvalue weighted by molar-refractivity contribution is -0.141. The third-order valence-electron chi connectivity index (χ3n) is 2.51. The van der Waals surface area contributed by atoms with Gasteiger partial charge in [0.25, 0.3) is 0 Å². The molecule has 0 aromatic carbocycles. The molecule has 0 amide bonds. The van der Waals surface area contributed by atoms with E-state index >= 15 is 0 Å². The van der Waals surface area contributed by atoms with E-state index in [0.717, 1.165) is 5.69 Å². The van der Waals surface area contributed by atoms with Crippen molar-refractivity contribution in [2.24, 2.45) is 17.2 Å². The average molecular weight is 363 g/mol. The molecule has 12 nitrogen and oxygen atoms in total. The molecule has 0 saturated heterocycles. The minimum absolute atomic E-state index is 0.287. The predicted octanol–water partition coefficient (Wildman–Crippen LogP) is -2.44. The van der Waals surface area contributed by atoms with Crippen molar-refractivity contribution in [2.75, 3.05) is 0 Å². The number of carboxylic acid groups (broad SMARTS) is 3. The summed E-state index contributed by atoms with van der Waals surface area (Å²) in [4.78, 5) is 36.2. The molecule has 144 valence electrons. The Morgan fingerprint density at radius 2 is 1.56 bits per heavy atom. The van der Waals surface area contributed by atoms with Crippen molar-refractivity contribution in [1.82, 2.24) is 9.97 Å². The fourth-order valence-corrected chi connectivity index (χ4v) is 0.927. The Balaban J connectivity index is 0. The Hall–Kier alpha value is -2.54. The third kappa shape index (κ3) is 13.6. The molecule has 0 radical (unpaired) electrons. The zero-order chi connectivity index (χ0) is 20.2. The average Bonchev–Trinajstić information content (AvgIpc) is 3.00. The largest absolute Gasteiger partial charge is 0.480 e. The lowest BCUT2D eigenvalue weighted by Crippen LogP contribution is -2.39. The maximum absolute atomic E-state index is 10.3. The summed E-state index contributed by atoms with van der Waals surface area (Å²) in [6.07, 6.45) is 2.36. The SMILES string of the molecule is C[C@@H](O)[C@H](N)C(=O)O.C[C@H](N)C(=O)O.N[C@@H](Cc1cnc[nH]1)C(=O)O. The molecule has 11 N–H and O–H groups in total. The van der Waals surface area contributed by atoms with Gasteiger partial charge in [-0.05, 0) is 13.8 Å². The third-order valence-corrected chi connectivity index (χ3v) is 2.51. The standard InChI is InChI=1S/C6H9N3O2.C4H9NO3.C3H7NO2/c7-5(6(10)11)1-4-2-8-3-9-4;1-2(6)3(5)4(7)8;1-2(4)3(5)6/h2-3,5H,1,7H2,(H,8,9)(H,10,11);2-3,6H,5H2,1H3,(H,7,8);2H,4H2,1H3,(H,5,6)/t5-;2-,3+;2-/m010/s1. The first-order valence-electron chi connectivity index (χ1n) is 7.00. The van der Waals surface area contributed by atoms with Gasteiger partial charge in [-0.15, -0.1) is 0 Å². The molecular weight excluding hydrogens is 338 g/mol. The maximum atomic E-state index is 10.3. The minimum Gasteiger partial charge on any atom is -0.480 e. The molecule has 1 rings (SSSR count). The van der Waals surface area contributed by atoms with Gasteiger partial charge >= 0.3 is 17.9 Å². The number of rotatable bonds is 6. The van der Waals surface area contributed by atoms with Crippen LogP contribution < -0.4 is 17.2 Å². The second kappa shape index (κ2) is 12.8. The van der Waals surface area contributed by atoms with Crippen LogP contribution in [0.1, 0.15) is 19.5 Å². The normalized spacial score (nSPS) is 14.5. The fourth-order valence-electron chi connectivity index (χ4n) is 0.927. The Bertz CT molecular complexity index is 519. The van der Waals surface area contributed by atoms with Crippen LogP contribution in [0.5, 0.6) is 0 Å². The van der Waals surface area contributed by atoms with Gasteiger partial charge in [0.1, 0.15) is 18.1 Å². The zero-order valence-electron chi connectivity index (χ0n) is 13.9. The molecule has 0 aliphatic carbocycles. The number of aromatic amines is 1. The molecule has 0 bridgehead atoms. The molecule has 4 atom stereocenters. The number of nitrogens with zero attached hydrogens (tertiary/aromatic N) is 1. The Morgan fingerprint density at radius 3 is 1.76 bits per heavy atom. The van der Waals surface area contributed by atoms with Crippen molar-refractivity contribution in [1.29, 1.82) is 0 Å². The number of carbonyl (C=O) groups is 3. The number of imidazole rings is 1. The molecule has 0 saturated carbocycles. The van der Waals surface area contributed by atoms with Crippen molar-refractivity contribution in [3.8, 4) is 0 Å². The molecule has 25 heavy (non-hydrogen) atoms. The summed E-state index contributed by atoms with van der Waals surface area (Å²) in [6.45, 7) is 2.75. The summed E-state index contributed by atoms with van der Waals surface area (Å²) in [6, 6.07) is -2.74. The number of H-pyrrole nitrogens is 1. The number of aromatic nitrogens is 2. The van der Waals surface area contributed by atoms with Crippen LogP contribution >= 0.6 is 0 Å². The molecule has 12 heteroatoms. The summed E-state index contributed by atoms with van der Waals surface area (Å²) in [5.41, 5.74) is 15.7. The van der Waals surface area contributed by atoms with Crippen LogP contribution in [-0.4, -0.2) is 72.5 Å². The van der Waals surface area contributed by atoms with E-state index in [9.17, 15) is 14.4 Å². The number of nitrogens with two attached hydrogens (primary N) is 3. The van der Waals surface area contributed by atoms with Crippen molar-refractivity contribution in [3.05, 3.63) is 18.2 Å². The Morgan fingerprint density at radius 1 is 1.08 bits per heavy atom.